The van der Waals surface area contributed by atoms with Crippen molar-refractivity contribution in [1.29, 1.82) is 0 Å². The van der Waals surface area contributed by atoms with Gasteiger partial charge in [0.2, 0.25) is 0 Å². The summed E-state index contributed by atoms with van der Waals surface area (Å²) < 4.78 is 0. The first-order valence-corrected chi connectivity index (χ1v) is 5.28. The molecule has 16 heavy (non-hydrogen) atoms. The van der Waals surface area contributed by atoms with Gasteiger partial charge in [-0.3, -0.25) is 9.59 Å². The van der Waals surface area contributed by atoms with E-state index in [4.69, 9.17) is 0 Å². The van der Waals surface area contributed by atoms with Crippen molar-refractivity contribution in [2.45, 2.75) is 0 Å². The Hall–Kier alpha value is -1.84. The number of benzene rings is 1. The van der Waals surface area contributed by atoms with Gasteiger partial charge in [-0.2, -0.15) is 0 Å². The molecule has 0 atom stereocenters. The average Bonchev–Trinajstić information content (AvgIpc) is 2.39. The molecule has 83 valence electrons. The maximum atomic E-state index is 12.0. The van der Waals surface area contributed by atoms with Crippen LogP contribution in [0.4, 0.5) is 0 Å². The zero-order valence-electron chi connectivity index (χ0n) is 8.93. The van der Waals surface area contributed by atoms with Crippen LogP contribution in [-0.4, -0.2) is 48.3 Å². The zero-order valence-corrected chi connectivity index (χ0v) is 8.93. The van der Waals surface area contributed by atoms with E-state index in [0.717, 1.165) is 0 Å². The van der Waals surface area contributed by atoms with E-state index in [9.17, 15) is 9.59 Å². The van der Waals surface area contributed by atoms with Gasteiger partial charge in [0.25, 0.3) is 5.91 Å². The van der Waals surface area contributed by atoms with E-state index in [1.807, 2.05) is 24.6 Å². The Morgan fingerprint density at radius 3 is 2.25 bits per heavy atom. The molecule has 0 spiro atoms. The highest BCUT2D eigenvalue weighted by atomic mass is 16.2. The molecule has 1 heterocycles. The van der Waals surface area contributed by atoms with Crippen LogP contribution in [0, 0.1) is 0 Å². The van der Waals surface area contributed by atoms with Crippen molar-refractivity contribution in [3.63, 3.8) is 0 Å². The summed E-state index contributed by atoms with van der Waals surface area (Å²) in [7, 11) is 0. The van der Waals surface area contributed by atoms with Crippen molar-refractivity contribution in [2.75, 3.05) is 26.2 Å². The molecule has 1 aromatic carbocycles. The highest BCUT2D eigenvalue weighted by molar-refractivity contribution is 5.94. The van der Waals surface area contributed by atoms with Crippen LogP contribution in [0.1, 0.15) is 10.4 Å². The first-order valence-electron chi connectivity index (χ1n) is 5.28. The van der Waals surface area contributed by atoms with Crippen molar-refractivity contribution in [2.24, 2.45) is 0 Å². The number of hydrogen-bond donors (Lipinski definition) is 0. The minimum absolute atomic E-state index is 0.0335. The Kier molecular flexibility index (Phi) is 3.19. The monoisotopic (exact) mass is 217 g/mol. The predicted octanol–water partition coefficient (Wildman–Crippen LogP) is 0.512. The number of hydrogen-bond acceptors (Lipinski definition) is 2. The molecular formula is C12H13N2O2. The summed E-state index contributed by atoms with van der Waals surface area (Å²) >= 11 is 0. The van der Waals surface area contributed by atoms with E-state index in [-0.39, 0.29) is 5.91 Å². The van der Waals surface area contributed by atoms with Crippen LogP contribution < -0.4 is 0 Å². The molecule has 2 amide bonds. The van der Waals surface area contributed by atoms with E-state index in [1.54, 1.807) is 21.9 Å². The van der Waals surface area contributed by atoms with E-state index in [1.165, 1.54) is 0 Å². The van der Waals surface area contributed by atoms with Gasteiger partial charge in [0.1, 0.15) is 0 Å². The highest BCUT2D eigenvalue weighted by Gasteiger charge is 2.21. The van der Waals surface area contributed by atoms with Crippen LogP contribution in [0.5, 0.6) is 0 Å². The Morgan fingerprint density at radius 2 is 1.69 bits per heavy atom. The van der Waals surface area contributed by atoms with Crippen molar-refractivity contribution >= 4 is 12.3 Å². The minimum Gasteiger partial charge on any atom is -0.335 e. The van der Waals surface area contributed by atoms with E-state index < -0.39 is 0 Å². The Labute approximate surface area is 94.5 Å². The Balaban J connectivity index is 1.99. The van der Waals surface area contributed by atoms with Gasteiger partial charge in [0.15, 0.2) is 0 Å². The van der Waals surface area contributed by atoms with Crippen LogP contribution in [0.3, 0.4) is 0 Å². The predicted molar refractivity (Wildman–Crippen MR) is 59.6 cm³/mol. The maximum absolute atomic E-state index is 12.0. The largest absolute Gasteiger partial charge is 0.335 e. The molecule has 1 aromatic rings. The molecule has 4 nitrogen and oxygen atoms in total. The molecule has 1 radical (unpaired) electrons. The quantitative estimate of drug-likeness (QED) is 0.724. The normalized spacial score (nSPS) is 16.0. The first kappa shape index (κ1) is 10.7. The van der Waals surface area contributed by atoms with Gasteiger partial charge in [0.05, 0.1) is 0 Å². The molecule has 0 bridgehead atoms. The number of carbonyl (C=O) groups is 1. The lowest BCUT2D eigenvalue weighted by molar-refractivity contribution is 0.0690. The molecular weight excluding hydrogens is 204 g/mol. The second-order valence-electron chi connectivity index (χ2n) is 3.74. The topological polar surface area (TPSA) is 40.6 Å². The van der Waals surface area contributed by atoms with Crippen molar-refractivity contribution in [3.8, 4) is 0 Å². The molecule has 0 unspecified atom stereocenters. The van der Waals surface area contributed by atoms with Crippen molar-refractivity contribution in [3.05, 3.63) is 35.9 Å². The summed E-state index contributed by atoms with van der Waals surface area (Å²) in [4.78, 5) is 25.7. The van der Waals surface area contributed by atoms with Crippen molar-refractivity contribution in [1.82, 2.24) is 9.80 Å². The lowest BCUT2D eigenvalue weighted by Gasteiger charge is -2.32. The smallest absolute Gasteiger partial charge is 0.312 e. The number of nitrogens with zero attached hydrogens (tertiary/aromatic N) is 2. The van der Waals surface area contributed by atoms with E-state index in [0.29, 0.717) is 31.7 Å². The summed E-state index contributed by atoms with van der Waals surface area (Å²) in [6.45, 7) is 2.32. The maximum Gasteiger partial charge on any atom is 0.312 e. The lowest BCUT2D eigenvalue weighted by Crippen LogP contribution is -2.48. The fraction of sp³-hybridized carbons (Fsp3) is 0.333. The van der Waals surface area contributed by atoms with E-state index in [2.05, 4.69) is 0 Å². The van der Waals surface area contributed by atoms with Gasteiger partial charge < -0.3 is 9.80 Å². The zero-order chi connectivity index (χ0) is 11.4. The van der Waals surface area contributed by atoms with Gasteiger partial charge in [-0.15, -0.1) is 0 Å². The number of carbonyl (C=O) groups excluding carboxylic acids is 2. The lowest BCUT2D eigenvalue weighted by atomic mass is 10.2. The van der Waals surface area contributed by atoms with Crippen LogP contribution in [0.2, 0.25) is 0 Å². The Bertz CT molecular complexity index is 370. The molecule has 1 fully saturated rings. The molecule has 0 N–H and O–H groups in total. The van der Waals surface area contributed by atoms with Crippen molar-refractivity contribution < 1.29 is 9.59 Å². The SMILES string of the molecule is O=[C]N1CCN(C(=O)c2ccccc2)CC1. The second-order valence-corrected chi connectivity index (χ2v) is 3.74. The van der Waals surface area contributed by atoms with Crippen LogP contribution >= 0.6 is 0 Å². The molecule has 1 aliphatic heterocycles. The molecule has 1 saturated heterocycles. The third-order valence-corrected chi connectivity index (χ3v) is 2.72. The van der Waals surface area contributed by atoms with Crippen LogP contribution in [-0.2, 0) is 4.79 Å². The second kappa shape index (κ2) is 4.79. The van der Waals surface area contributed by atoms with Gasteiger partial charge in [-0.25, -0.2) is 0 Å². The van der Waals surface area contributed by atoms with Crippen LogP contribution in [0.15, 0.2) is 30.3 Å². The molecule has 0 aliphatic carbocycles. The molecule has 2 rings (SSSR count). The Morgan fingerprint density at radius 1 is 1.06 bits per heavy atom. The summed E-state index contributed by atoms with van der Waals surface area (Å²) in [5.41, 5.74) is 0.700. The van der Waals surface area contributed by atoms with E-state index >= 15 is 0 Å². The van der Waals surface area contributed by atoms with Gasteiger partial charge in [0, 0.05) is 31.7 Å². The fourth-order valence-corrected chi connectivity index (χ4v) is 1.76. The summed E-state index contributed by atoms with van der Waals surface area (Å²) in [6, 6.07) is 9.20. The van der Waals surface area contributed by atoms with Gasteiger partial charge in [-0.05, 0) is 12.1 Å². The first-order chi connectivity index (χ1) is 7.81. The molecule has 0 saturated carbocycles. The standard InChI is InChI=1S/C12H13N2O2/c15-10-13-6-8-14(9-7-13)12(16)11-4-2-1-3-5-11/h1-5H,6-9H2. The van der Waals surface area contributed by atoms with Crippen LogP contribution in [0.25, 0.3) is 0 Å². The summed E-state index contributed by atoms with van der Waals surface area (Å²) in [6.07, 6.45) is 1.85. The number of rotatable bonds is 2. The molecule has 0 aromatic heterocycles. The average molecular weight is 217 g/mol. The summed E-state index contributed by atoms with van der Waals surface area (Å²) in [5, 5.41) is 0. The number of piperazine rings is 1. The van der Waals surface area contributed by atoms with Gasteiger partial charge in [-0.1, -0.05) is 18.2 Å². The fourth-order valence-electron chi connectivity index (χ4n) is 1.76. The summed E-state index contributed by atoms with van der Waals surface area (Å²) in [5.74, 6) is 0.0335. The highest BCUT2D eigenvalue weighted by Crippen LogP contribution is 2.07. The number of amides is 2. The third kappa shape index (κ3) is 2.21. The third-order valence-electron chi connectivity index (χ3n) is 2.72. The molecule has 1 aliphatic rings. The minimum atomic E-state index is 0.0335. The molecule has 4 heteroatoms. The van der Waals surface area contributed by atoms with Gasteiger partial charge >= 0.3 is 6.41 Å².